The van der Waals surface area contributed by atoms with E-state index in [1.807, 2.05) is 41.4 Å². The molecule has 8 heteroatoms. The Bertz CT molecular complexity index is 1230. The van der Waals surface area contributed by atoms with Gasteiger partial charge in [-0.1, -0.05) is 62.2 Å². The highest BCUT2D eigenvalue weighted by molar-refractivity contribution is 8.01. The Morgan fingerprint density at radius 3 is 2.28 bits per heavy atom. The standard InChI is InChI=1S/C31H40N4O3S/c1-4-5-9-17-35-23-27(32-28(35)25-12-14-26(15-13-25)39-31(2,3)30(37)38)29(36)34-21-19-33(20-22-34)18-16-24-10-7-6-8-11-24/h6-8,10-15,23H,4-5,9,16-22H2,1-3H3,(H,37,38). The van der Waals surface area contributed by atoms with Gasteiger partial charge in [0.15, 0.2) is 0 Å². The van der Waals surface area contributed by atoms with Gasteiger partial charge in [0.05, 0.1) is 0 Å². The summed E-state index contributed by atoms with van der Waals surface area (Å²) in [5.41, 5.74) is 2.76. The maximum Gasteiger partial charge on any atom is 0.319 e. The zero-order valence-corrected chi connectivity index (χ0v) is 24.1. The smallest absolute Gasteiger partial charge is 0.319 e. The molecule has 3 aromatic rings. The number of carbonyl (C=O) groups is 2. The predicted molar refractivity (Wildman–Crippen MR) is 157 cm³/mol. The number of aliphatic carboxylic acids is 1. The Balaban J connectivity index is 1.43. The Kier molecular flexibility index (Phi) is 9.86. The second kappa shape index (κ2) is 13.3. The molecule has 0 spiro atoms. The molecular weight excluding hydrogens is 508 g/mol. The minimum atomic E-state index is -0.911. The van der Waals surface area contributed by atoms with Crippen molar-refractivity contribution in [1.82, 2.24) is 19.4 Å². The van der Waals surface area contributed by atoms with Gasteiger partial charge < -0.3 is 14.6 Å². The largest absolute Gasteiger partial charge is 0.480 e. The van der Waals surface area contributed by atoms with E-state index in [-0.39, 0.29) is 5.91 Å². The molecular formula is C31H40N4O3S. The number of amides is 1. The molecule has 0 atom stereocenters. The number of imidazole rings is 1. The van der Waals surface area contributed by atoms with Crippen molar-refractivity contribution in [3.05, 3.63) is 72.1 Å². The fourth-order valence-corrected chi connectivity index (χ4v) is 5.68. The summed E-state index contributed by atoms with van der Waals surface area (Å²) in [6.45, 7) is 10.5. The monoisotopic (exact) mass is 548 g/mol. The topological polar surface area (TPSA) is 78.7 Å². The molecule has 2 aromatic carbocycles. The third kappa shape index (κ3) is 7.73. The second-order valence-corrected chi connectivity index (χ2v) is 12.4. The first-order chi connectivity index (χ1) is 18.8. The molecule has 1 aliphatic rings. The van der Waals surface area contributed by atoms with Gasteiger partial charge in [0, 0.05) is 55.9 Å². The first-order valence-electron chi connectivity index (χ1n) is 13.9. The van der Waals surface area contributed by atoms with Crippen LogP contribution in [-0.2, 0) is 17.8 Å². The zero-order valence-electron chi connectivity index (χ0n) is 23.3. The molecule has 1 saturated heterocycles. The van der Waals surface area contributed by atoms with Gasteiger partial charge >= 0.3 is 5.97 Å². The van der Waals surface area contributed by atoms with E-state index in [0.717, 1.165) is 68.1 Å². The van der Waals surface area contributed by atoms with Crippen LogP contribution in [0.5, 0.6) is 0 Å². The van der Waals surface area contributed by atoms with E-state index in [0.29, 0.717) is 18.8 Å². The van der Waals surface area contributed by atoms with Crippen LogP contribution >= 0.6 is 11.8 Å². The lowest BCUT2D eigenvalue weighted by Crippen LogP contribution is -2.49. The molecule has 2 heterocycles. The van der Waals surface area contributed by atoms with Crippen LogP contribution in [0.4, 0.5) is 0 Å². The van der Waals surface area contributed by atoms with Gasteiger partial charge in [-0.25, -0.2) is 4.98 Å². The van der Waals surface area contributed by atoms with E-state index in [1.54, 1.807) is 13.8 Å². The number of carbonyl (C=O) groups excluding carboxylic acids is 1. The molecule has 4 rings (SSSR count). The van der Waals surface area contributed by atoms with E-state index in [2.05, 4.69) is 40.7 Å². The van der Waals surface area contributed by atoms with Crippen LogP contribution in [0.25, 0.3) is 11.4 Å². The van der Waals surface area contributed by atoms with Gasteiger partial charge in [-0.3, -0.25) is 14.5 Å². The molecule has 0 unspecified atom stereocenters. The SMILES string of the molecule is CCCCCn1cc(C(=O)N2CCN(CCc3ccccc3)CC2)nc1-c1ccc(SC(C)(C)C(=O)O)cc1. The predicted octanol–water partition coefficient (Wildman–Crippen LogP) is 5.70. The number of nitrogens with zero attached hydrogens (tertiary/aromatic N) is 4. The number of aromatic nitrogens is 2. The van der Waals surface area contributed by atoms with E-state index in [9.17, 15) is 14.7 Å². The van der Waals surface area contributed by atoms with Gasteiger partial charge in [0.25, 0.3) is 5.91 Å². The molecule has 0 bridgehead atoms. The maximum absolute atomic E-state index is 13.5. The van der Waals surface area contributed by atoms with Gasteiger partial charge in [0.2, 0.25) is 0 Å². The fourth-order valence-electron chi connectivity index (χ4n) is 4.73. The molecule has 7 nitrogen and oxygen atoms in total. The lowest BCUT2D eigenvalue weighted by Gasteiger charge is -2.34. The van der Waals surface area contributed by atoms with Crippen LogP contribution in [0, 0.1) is 0 Å². The number of rotatable bonds is 12. The van der Waals surface area contributed by atoms with Crippen molar-refractivity contribution in [2.24, 2.45) is 0 Å². The Labute approximate surface area is 236 Å². The van der Waals surface area contributed by atoms with Gasteiger partial charge in [-0.05, 0) is 44.4 Å². The fraction of sp³-hybridized carbons (Fsp3) is 0.452. The average Bonchev–Trinajstić information content (AvgIpc) is 3.37. The third-order valence-electron chi connectivity index (χ3n) is 7.22. The average molecular weight is 549 g/mol. The molecule has 0 saturated carbocycles. The molecule has 1 N–H and O–H groups in total. The Morgan fingerprint density at radius 2 is 1.64 bits per heavy atom. The van der Waals surface area contributed by atoms with Crippen molar-refractivity contribution >= 4 is 23.6 Å². The summed E-state index contributed by atoms with van der Waals surface area (Å²) < 4.78 is 1.19. The number of thioether (sulfide) groups is 1. The van der Waals surface area contributed by atoms with Gasteiger partial charge in [-0.2, -0.15) is 0 Å². The second-order valence-electron chi connectivity index (χ2n) is 10.7. The van der Waals surface area contributed by atoms with Gasteiger partial charge in [0.1, 0.15) is 16.3 Å². The summed E-state index contributed by atoms with van der Waals surface area (Å²) in [4.78, 5) is 35.0. The number of carboxylic acid groups (broad SMARTS) is 1. The molecule has 1 fully saturated rings. The van der Waals surface area contributed by atoms with Crippen molar-refractivity contribution in [2.75, 3.05) is 32.7 Å². The molecule has 0 aliphatic carbocycles. The summed E-state index contributed by atoms with van der Waals surface area (Å²) in [5.74, 6) is -0.0724. The molecule has 208 valence electrons. The maximum atomic E-state index is 13.5. The Morgan fingerprint density at radius 1 is 0.949 bits per heavy atom. The first-order valence-corrected chi connectivity index (χ1v) is 14.7. The van der Waals surface area contributed by atoms with Crippen molar-refractivity contribution in [1.29, 1.82) is 0 Å². The van der Waals surface area contributed by atoms with E-state index in [4.69, 9.17) is 4.98 Å². The van der Waals surface area contributed by atoms with E-state index < -0.39 is 10.7 Å². The summed E-state index contributed by atoms with van der Waals surface area (Å²) in [6, 6.07) is 18.3. The van der Waals surface area contributed by atoms with Crippen LogP contribution in [-0.4, -0.2) is 73.8 Å². The minimum Gasteiger partial charge on any atom is -0.480 e. The lowest BCUT2D eigenvalue weighted by atomic mass is 10.1. The normalized spacial score (nSPS) is 14.5. The first kappa shape index (κ1) is 28.9. The van der Waals surface area contributed by atoms with Crippen molar-refractivity contribution in [3.63, 3.8) is 0 Å². The summed E-state index contributed by atoms with van der Waals surface area (Å²) in [5, 5.41) is 9.45. The number of aryl methyl sites for hydroxylation is 1. The Hall–Kier alpha value is -3.10. The van der Waals surface area contributed by atoms with Crippen LogP contribution in [0.3, 0.4) is 0 Å². The highest BCUT2D eigenvalue weighted by Gasteiger charge is 2.29. The van der Waals surface area contributed by atoms with Crippen molar-refractivity contribution in [3.8, 4) is 11.4 Å². The molecule has 1 aliphatic heterocycles. The van der Waals surface area contributed by atoms with Crippen LogP contribution in [0.15, 0.2) is 65.7 Å². The molecule has 0 radical (unpaired) electrons. The minimum absolute atomic E-state index is 0.0106. The quantitative estimate of drug-likeness (QED) is 0.231. The number of hydrogen-bond donors (Lipinski definition) is 1. The zero-order chi connectivity index (χ0) is 27.8. The lowest BCUT2D eigenvalue weighted by molar-refractivity contribution is -0.138. The van der Waals surface area contributed by atoms with Gasteiger partial charge in [-0.15, -0.1) is 11.8 Å². The summed E-state index contributed by atoms with van der Waals surface area (Å²) in [7, 11) is 0. The summed E-state index contributed by atoms with van der Waals surface area (Å²) in [6.07, 6.45) is 6.19. The van der Waals surface area contributed by atoms with E-state index in [1.165, 1.54) is 17.3 Å². The van der Waals surface area contributed by atoms with Crippen molar-refractivity contribution in [2.45, 2.75) is 62.6 Å². The number of hydrogen-bond acceptors (Lipinski definition) is 5. The third-order valence-corrected chi connectivity index (χ3v) is 8.41. The van der Waals surface area contributed by atoms with Crippen molar-refractivity contribution < 1.29 is 14.7 Å². The molecule has 39 heavy (non-hydrogen) atoms. The van der Waals surface area contributed by atoms with Crippen LogP contribution in [0.1, 0.15) is 56.1 Å². The number of benzene rings is 2. The summed E-state index contributed by atoms with van der Waals surface area (Å²) >= 11 is 1.32. The van der Waals surface area contributed by atoms with Crippen LogP contribution < -0.4 is 0 Å². The number of unbranched alkanes of at least 4 members (excludes halogenated alkanes) is 2. The number of piperazine rings is 1. The highest BCUT2D eigenvalue weighted by atomic mass is 32.2. The molecule has 1 aromatic heterocycles. The molecule has 1 amide bonds. The highest BCUT2D eigenvalue weighted by Crippen LogP contribution is 2.34. The number of carboxylic acids is 1. The van der Waals surface area contributed by atoms with E-state index >= 15 is 0 Å². The van der Waals surface area contributed by atoms with Crippen LogP contribution in [0.2, 0.25) is 0 Å².